The zero-order valence-corrected chi connectivity index (χ0v) is 17.7. The summed E-state index contributed by atoms with van der Waals surface area (Å²) in [5, 5.41) is 0.655. The maximum absolute atomic E-state index is 14.5. The van der Waals surface area contributed by atoms with Crippen molar-refractivity contribution in [1.29, 1.82) is 0 Å². The summed E-state index contributed by atoms with van der Waals surface area (Å²) >= 11 is 1.44. The van der Waals surface area contributed by atoms with E-state index in [1.165, 1.54) is 25.6 Å². The van der Waals surface area contributed by atoms with Gasteiger partial charge < -0.3 is 9.47 Å². The third-order valence-electron chi connectivity index (χ3n) is 4.42. The van der Waals surface area contributed by atoms with Crippen LogP contribution < -0.4 is 14.2 Å². The number of rotatable bonds is 6. The van der Waals surface area contributed by atoms with Gasteiger partial charge in [0.2, 0.25) is 0 Å². The molecule has 4 aromatic rings. The molecule has 30 heavy (non-hydrogen) atoms. The zero-order chi connectivity index (χ0) is 21.3. The van der Waals surface area contributed by atoms with Crippen LogP contribution >= 0.6 is 11.3 Å². The fraction of sp³-hybridized carbons (Fsp3) is 0.0952. The van der Waals surface area contributed by atoms with Gasteiger partial charge in [0.1, 0.15) is 15.7 Å². The molecule has 0 bridgehead atoms. The highest BCUT2D eigenvalue weighted by atomic mass is 32.2. The van der Waals surface area contributed by atoms with Gasteiger partial charge in [-0.05, 0) is 24.3 Å². The first-order chi connectivity index (χ1) is 14.4. The van der Waals surface area contributed by atoms with Crippen molar-refractivity contribution >= 4 is 37.3 Å². The average molecular weight is 445 g/mol. The Labute approximate surface area is 177 Å². The quantitative estimate of drug-likeness (QED) is 0.457. The molecule has 0 radical (unpaired) electrons. The predicted molar refractivity (Wildman–Crippen MR) is 115 cm³/mol. The predicted octanol–water partition coefficient (Wildman–Crippen LogP) is 4.92. The van der Waals surface area contributed by atoms with Crippen LogP contribution in [0.25, 0.3) is 20.8 Å². The molecule has 1 N–H and O–H groups in total. The largest absolute Gasteiger partial charge is 0.493 e. The topological polar surface area (TPSA) is 77.5 Å². The lowest BCUT2D eigenvalue weighted by atomic mass is 10.2. The van der Waals surface area contributed by atoms with Gasteiger partial charge in [-0.2, -0.15) is 0 Å². The number of fused-ring (bicyclic) bond motifs is 1. The average Bonchev–Trinajstić information content (AvgIpc) is 3.17. The molecule has 154 valence electrons. The molecule has 0 spiro atoms. The van der Waals surface area contributed by atoms with Crippen molar-refractivity contribution in [3.63, 3.8) is 0 Å². The minimum Gasteiger partial charge on any atom is -0.493 e. The number of aromatic nitrogens is 1. The molecule has 0 amide bonds. The molecule has 0 atom stereocenters. The van der Waals surface area contributed by atoms with E-state index < -0.39 is 20.7 Å². The molecule has 0 aliphatic rings. The molecule has 0 aliphatic heterocycles. The number of ether oxygens (including phenoxy) is 2. The number of thiazole rings is 1. The van der Waals surface area contributed by atoms with E-state index in [1.54, 1.807) is 24.3 Å². The lowest BCUT2D eigenvalue weighted by Crippen LogP contribution is -2.15. The molecule has 1 aromatic heterocycles. The third-order valence-corrected chi connectivity index (χ3v) is 6.87. The van der Waals surface area contributed by atoms with Crippen molar-refractivity contribution in [1.82, 2.24) is 4.98 Å². The summed E-state index contributed by atoms with van der Waals surface area (Å²) < 4.78 is 54.1. The molecule has 0 fully saturated rings. The minimum absolute atomic E-state index is 0.101. The van der Waals surface area contributed by atoms with E-state index in [1.807, 2.05) is 24.3 Å². The molecule has 3 aromatic carbocycles. The van der Waals surface area contributed by atoms with Crippen LogP contribution in [0, 0.1) is 5.82 Å². The third kappa shape index (κ3) is 3.69. The second-order valence-corrected chi connectivity index (χ2v) is 8.96. The highest BCUT2D eigenvalue weighted by molar-refractivity contribution is 7.92. The summed E-state index contributed by atoms with van der Waals surface area (Å²) in [7, 11) is -1.55. The molecular weight excluding hydrogens is 427 g/mol. The Morgan fingerprint density at radius 3 is 2.37 bits per heavy atom. The molecule has 0 aliphatic carbocycles. The van der Waals surface area contributed by atoms with E-state index in [0.29, 0.717) is 16.3 Å². The van der Waals surface area contributed by atoms with E-state index in [2.05, 4.69) is 9.71 Å². The molecule has 4 rings (SSSR count). The summed E-state index contributed by atoms with van der Waals surface area (Å²) in [6.45, 7) is 0. The maximum Gasteiger partial charge on any atom is 0.264 e. The van der Waals surface area contributed by atoms with E-state index in [0.717, 1.165) is 22.3 Å². The minimum atomic E-state index is -4.25. The first-order valence-electron chi connectivity index (χ1n) is 8.82. The van der Waals surface area contributed by atoms with Crippen molar-refractivity contribution in [2.45, 2.75) is 4.90 Å². The Morgan fingerprint density at radius 2 is 1.63 bits per heavy atom. The van der Waals surface area contributed by atoms with Crippen molar-refractivity contribution in [3.05, 3.63) is 66.5 Å². The first kappa shape index (κ1) is 20.1. The highest BCUT2D eigenvalue weighted by Crippen LogP contribution is 2.37. The van der Waals surface area contributed by atoms with E-state index in [9.17, 15) is 12.8 Å². The van der Waals surface area contributed by atoms with Crippen molar-refractivity contribution in [3.8, 4) is 22.1 Å². The monoisotopic (exact) mass is 444 g/mol. The number of nitrogens with zero attached hydrogens (tertiary/aromatic N) is 1. The van der Waals surface area contributed by atoms with Crippen molar-refractivity contribution in [2.75, 3.05) is 18.9 Å². The molecule has 9 heteroatoms. The lowest BCUT2D eigenvalue weighted by Gasteiger charge is -2.14. The maximum atomic E-state index is 14.5. The van der Waals surface area contributed by atoms with Crippen molar-refractivity contribution < 1.29 is 22.3 Å². The number of hydrogen-bond acceptors (Lipinski definition) is 6. The van der Waals surface area contributed by atoms with Gasteiger partial charge in [-0.1, -0.05) is 24.3 Å². The molecule has 0 saturated carbocycles. The number of nitrogens with one attached hydrogen (secondary N) is 1. The van der Waals surface area contributed by atoms with Gasteiger partial charge in [-0.15, -0.1) is 11.3 Å². The molecule has 6 nitrogen and oxygen atoms in total. The van der Waals surface area contributed by atoms with Crippen LogP contribution in [-0.2, 0) is 10.0 Å². The van der Waals surface area contributed by atoms with Gasteiger partial charge in [-0.3, -0.25) is 4.72 Å². The number of methoxy groups -OCH3 is 2. The standard InChI is InChI=1S/C21H17FN2O4S2/c1-27-17-11-14(22)20(12-18(17)28-2)30(25,26)24-15-8-4-3-7-13(15)21-23-16-9-5-6-10-19(16)29-21/h3-12,24H,1-2H3. The van der Waals surface area contributed by atoms with Gasteiger partial charge in [0, 0.05) is 17.7 Å². The summed E-state index contributed by atoms with van der Waals surface area (Å²) in [5.74, 6) is -0.736. The normalized spacial score (nSPS) is 11.4. The van der Waals surface area contributed by atoms with Gasteiger partial charge in [-0.25, -0.2) is 17.8 Å². The number of benzene rings is 3. The van der Waals surface area contributed by atoms with Crippen LogP contribution in [0.2, 0.25) is 0 Å². The van der Waals surface area contributed by atoms with Gasteiger partial charge in [0.15, 0.2) is 11.5 Å². The Morgan fingerprint density at radius 1 is 0.967 bits per heavy atom. The SMILES string of the molecule is COc1cc(F)c(S(=O)(=O)Nc2ccccc2-c2nc3ccccc3s2)cc1OC. The number of anilines is 1. The first-order valence-corrected chi connectivity index (χ1v) is 11.1. The molecule has 1 heterocycles. The van der Waals surface area contributed by atoms with Crippen LogP contribution in [0.5, 0.6) is 11.5 Å². The Bertz CT molecular complexity index is 1300. The smallest absolute Gasteiger partial charge is 0.264 e. The Hall–Kier alpha value is -3.17. The summed E-state index contributed by atoms with van der Waals surface area (Å²) in [6.07, 6.45) is 0. The van der Waals surface area contributed by atoms with Crippen molar-refractivity contribution in [2.24, 2.45) is 0 Å². The number of para-hydroxylation sites is 2. The molecule has 0 saturated heterocycles. The van der Waals surface area contributed by atoms with Crippen LogP contribution in [0.1, 0.15) is 0 Å². The molecule has 0 unspecified atom stereocenters. The van der Waals surface area contributed by atoms with Crippen LogP contribution in [0.15, 0.2) is 65.6 Å². The lowest BCUT2D eigenvalue weighted by molar-refractivity contribution is 0.350. The highest BCUT2D eigenvalue weighted by Gasteiger charge is 2.24. The number of hydrogen-bond donors (Lipinski definition) is 1. The van der Waals surface area contributed by atoms with Crippen LogP contribution in [-0.4, -0.2) is 27.6 Å². The fourth-order valence-electron chi connectivity index (χ4n) is 2.99. The van der Waals surface area contributed by atoms with E-state index in [-0.39, 0.29) is 11.5 Å². The van der Waals surface area contributed by atoms with Gasteiger partial charge >= 0.3 is 0 Å². The van der Waals surface area contributed by atoms with E-state index >= 15 is 0 Å². The number of halogens is 1. The Kier molecular flexibility index (Phi) is 5.31. The summed E-state index contributed by atoms with van der Waals surface area (Å²) in [6, 6.07) is 16.6. The number of sulfonamides is 1. The van der Waals surface area contributed by atoms with Crippen LogP contribution in [0.3, 0.4) is 0 Å². The fourth-order valence-corrected chi connectivity index (χ4v) is 5.15. The summed E-state index contributed by atoms with van der Waals surface area (Å²) in [5.41, 5.74) is 1.72. The summed E-state index contributed by atoms with van der Waals surface area (Å²) in [4.78, 5) is 4.04. The van der Waals surface area contributed by atoms with Gasteiger partial charge in [0.25, 0.3) is 10.0 Å². The second-order valence-electron chi connectivity index (χ2n) is 6.28. The van der Waals surface area contributed by atoms with Crippen LogP contribution in [0.4, 0.5) is 10.1 Å². The van der Waals surface area contributed by atoms with Gasteiger partial charge in [0.05, 0.1) is 30.1 Å². The second kappa shape index (κ2) is 7.92. The zero-order valence-electron chi connectivity index (χ0n) is 16.0. The van der Waals surface area contributed by atoms with E-state index in [4.69, 9.17) is 9.47 Å². The Balaban J connectivity index is 1.76. The molecular formula is C21H17FN2O4S2.